The van der Waals surface area contributed by atoms with Gasteiger partial charge in [0.05, 0.1) is 11.6 Å². The van der Waals surface area contributed by atoms with Crippen LogP contribution in [0.5, 0.6) is 0 Å². The van der Waals surface area contributed by atoms with Crippen molar-refractivity contribution in [2.75, 3.05) is 0 Å². The quantitative estimate of drug-likeness (QED) is 0.789. The Morgan fingerprint density at radius 2 is 1.75 bits per heavy atom. The monoisotopic (exact) mass is 347 g/mol. The van der Waals surface area contributed by atoms with Gasteiger partial charge in [0, 0.05) is 6.42 Å². The molecule has 1 aliphatic rings. The Morgan fingerprint density at radius 3 is 2.21 bits per heavy atom. The van der Waals surface area contributed by atoms with Gasteiger partial charge in [-0.15, -0.1) is 0 Å². The van der Waals surface area contributed by atoms with E-state index in [2.05, 4.69) is 0 Å². The lowest BCUT2D eigenvalue weighted by atomic mass is 9.83. The molecule has 3 rings (SSSR count). The Labute approximate surface area is 145 Å². The minimum Gasteiger partial charge on any atom is -0.465 e. The highest BCUT2D eigenvalue weighted by Crippen LogP contribution is 2.52. The van der Waals surface area contributed by atoms with Gasteiger partial charge in [-0.05, 0) is 24.5 Å². The molecule has 0 aliphatic heterocycles. The van der Waals surface area contributed by atoms with Gasteiger partial charge in [0.25, 0.3) is 0 Å². The van der Waals surface area contributed by atoms with Crippen LogP contribution in [0.2, 0.25) is 0 Å². The Bertz CT molecular complexity index is 723. The van der Waals surface area contributed by atoms with Crippen LogP contribution >= 0.6 is 11.6 Å². The number of carboxylic acid groups (broad SMARTS) is 1. The second kappa shape index (κ2) is 6.10. The summed E-state index contributed by atoms with van der Waals surface area (Å²) in [6.45, 7) is 1.83. The number of amides is 1. The summed E-state index contributed by atoms with van der Waals surface area (Å²) in [5.74, 6) is 0. The van der Waals surface area contributed by atoms with Crippen LogP contribution in [-0.4, -0.2) is 27.3 Å². The fourth-order valence-corrected chi connectivity index (χ4v) is 3.53. The van der Waals surface area contributed by atoms with Crippen LogP contribution in [0.4, 0.5) is 9.18 Å². The van der Waals surface area contributed by atoms with E-state index in [0.29, 0.717) is 6.42 Å². The number of hydrogen-bond donors (Lipinski definition) is 1. The summed E-state index contributed by atoms with van der Waals surface area (Å²) in [5, 5.41) is 7.81. The summed E-state index contributed by atoms with van der Waals surface area (Å²) < 4.78 is 14.1. The second-order valence-electron chi connectivity index (χ2n) is 6.44. The first kappa shape index (κ1) is 16.8. The summed E-state index contributed by atoms with van der Waals surface area (Å²) >= 11 is 5.77. The first-order valence-corrected chi connectivity index (χ1v) is 8.22. The third-order valence-corrected chi connectivity index (χ3v) is 5.04. The van der Waals surface area contributed by atoms with E-state index in [-0.39, 0.29) is 6.42 Å². The Morgan fingerprint density at radius 1 is 1.25 bits per heavy atom. The third kappa shape index (κ3) is 3.11. The lowest BCUT2D eigenvalue weighted by molar-refractivity contribution is 0.0676. The first-order valence-electron chi connectivity index (χ1n) is 7.84. The fraction of sp³-hybridized carbons (Fsp3) is 0.316. The van der Waals surface area contributed by atoms with Crippen LogP contribution < -0.4 is 0 Å². The molecular formula is C19H19ClFNO2. The van der Waals surface area contributed by atoms with Crippen molar-refractivity contribution in [1.82, 2.24) is 4.90 Å². The average molecular weight is 348 g/mol. The van der Waals surface area contributed by atoms with E-state index in [1.54, 1.807) is 0 Å². The van der Waals surface area contributed by atoms with Gasteiger partial charge >= 0.3 is 6.09 Å². The molecule has 1 fully saturated rings. The second-order valence-corrected chi connectivity index (χ2v) is 7.06. The van der Waals surface area contributed by atoms with Gasteiger partial charge in [-0.1, -0.05) is 72.3 Å². The smallest absolute Gasteiger partial charge is 0.408 e. The highest BCUT2D eigenvalue weighted by Gasteiger charge is 2.62. The van der Waals surface area contributed by atoms with Crippen molar-refractivity contribution in [3.8, 4) is 0 Å². The molecule has 1 N–H and O–H groups in total. The van der Waals surface area contributed by atoms with E-state index in [9.17, 15) is 14.3 Å². The standard InChI is InChI=1S/C19H19ClFNO2/c1-18(15-10-6-3-7-11-15,12-14-8-4-2-5-9-14)22(17(23)24)16-13-19(16,20)21/h2-11,16H,12-13H2,1H3,(H,23,24)/t16?,18-,19?/m1/s1. The molecule has 0 saturated heterocycles. The Hall–Kier alpha value is -2.07. The molecule has 1 aliphatic carbocycles. The maximum absolute atomic E-state index is 14.1. The van der Waals surface area contributed by atoms with E-state index in [4.69, 9.17) is 11.6 Å². The zero-order valence-electron chi connectivity index (χ0n) is 13.3. The SMILES string of the molecule is C[C@@](Cc1ccccc1)(c1ccccc1)N(C(=O)O)C1CC1(F)Cl. The van der Waals surface area contributed by atoms with Crippen molar-refractivity contribution in [2.45, 2.75) is 36.5 Å². The minimum atomic E-state index is -1.98. The van der Waals surface area contributed by atoms with Gasteiger partial charge in [0.1, 0.15) is 0 Å². The Kier molecular flexibility index (Phi) is 4.26. The topological polar surface area (TPSA) is 40.5 Å². The number of alkyl halides is 2. The van der Waals surface area contributed by atoms with Crippen molar-refractivity contribution >= 4 is 17.7 Å². The van der Waals surface area contributed by atoms with Crippen molar-refractivity contribution < 1.29 is 14.3 Å². The molecule has 2 unspecified atom stereocenters. The molecular weight excluding hydrogens is 329 g/mol. The van der Waals surface area contributed by atoms with Gasteiger partial charge in [0.2, 0.25) is 5.13 Å². The molecule has 0 spiro atoms. The van der Waals surface area contributed by atoms with Gasteiger partial charge in [0.15, 0.2) is 0 Å². The lowest BCUT2D eigenvalue weighted by Crippen LogP contribution is -2.51. The van der Waals surface area contributed by atoms with Crippen LogP contribution in [0.3, 0.4) is 0 Å². The summed E-state index contributed by atoms with van der Waals surface area (Å²) in [7, 11) is 0. The molecule has 0 heterocycles. The molecule has 0 radical (unpaired) electrons. The summed E-state index contributed by atoms with van der Waals surface area (Å²) in [4.78, 5) is 13.2. The van der Waals surface area contributed by atoms with Crippen LogP contribution in [0.1, 0.15) is 24.5 Å². The van der Waals surface area contributed by atoms with Crippen LogP contribution in [0.15, 0.2) is 60.7 Å². The van der Waals surface area contributed by atoms with E-state index < -0.39 is 22.8 Å². The normalized spacial score (nSPS) is 24.9. The molecule has 126 valence electrons. The molecule has 5 heteroatoms. The number of hydrogen-bond acceptors (Lipinski definition) is 1. The molecule has 3 nitrogen and oxygen atoms in total. The highest BCUT2D eigenvalue weighted by atomic mass is 35.5. The zero-order valence-corrected chi connectivity index (χ0v) is 14.1. The number of nitrogens with zero attached hydrogens (tertiary/aromatic N) is 1. The van der Waals surface area contributed by atoms with Gasteiger partial charge in [-0.2, -0.15) is 0 Å². The van der Waals surface area contributed by atoms with E-state index >= 15 is 0 Å². The van der Waals surface area contributed by atoms with Gasteiger partial charge < -0.3 is 5.11 Å². The summed E-state index contributed by atoms with van der Waals surface area (Å²) in [6.07, 6.45) is -0.714. The fourth-order valence-electron chi connectivity index (χ4n) is 3.28. The predicted octanol–water partition coefficient (Wildman–Crippen LogP) is 4.80. The van der Waals surface area contributed by atoms with E-state index in [0.717, 1.165) is 11.1 Å². The van der Waals surface area contributed by atoms with Crippen molar-refractivity contribution in [1.29, 1.82) is 0 Å². The number of carbonyl (C=O) groups is 1. The molecule has 3 atom stereocenters. The molecule has 2 aromatic rings. The van der Waals surface area contributed by atoms with Crippen LogP contribution in [0, 0.1) is 0 Å². The third-order valence-electron chi connectivity index (χ3n) is 4.63. The first-order chi connectivity index (χ1) is 11.3. The molecule has 1 saturated carbocycles. The lowest BCUT2D eigenvalue weighted by Gasteiger charge is -2.41. The summed E-state index contributed by atoms with van der Waals surface area (Å²) in [6, 6.07) is 18.1. The number of halogens is 2. The Balaban J connectivity index is 2.05. The van der Waals surface area contributed by atoms with Gasteiger partial charge in [-0.3, -0.25) is 4.90 Å². The van der Waals surface area contributed by atoms with E-state index in [1.165, 1.54) is 4.90 Å². The zero-order chi connectivity index (χ0) is 17.4. The maximum atomic E-state index is 14.1. The number of benzene rings is 2. The van der Waals surface area contributed by atoms with Crippen molar-refractivity contribution in [3.63, 3.8) is 0 Å². The van der Waals surface area contributed by atoms with Crippen molar-refractivity contribution in [2.24, 2.45) is 0 Å². The number of rotatable bonds is 5. The van der Waals surface area contributed by atoms with E-state index in [1.807, 2.05) is 67.6 Å². The predicted molar refractivity (Wildman–Crippen MR) is 91.9 cm³/mol. The summed E-state index contributed by atoms with van der Waals surface area (Å²) in [5.41, 5.74) is 0.882. The largest absolute Gasteiger partial charge is 0.465 e. The highest BCUT2D eigenvalue weighted by molar-refractivity contribution is 6.25. The van der Waals surface area contributed by atoms with Crippen LogP contribution in [0.25, 0.3) is 0 Å². The van der Waals surface area contributed by atoms with Crippen molar-refractivity contribution in [3.05, 3.63) is 71.8 Å². The van der Waals surface area contributed by atoms with Gasteiger partial charge in [-0.25, -0.2) is 9.18 Å². The molecule has 0 aromatic heterocycles. The molecule has 1 amide bonds. The molecule has 24 heavy (non-hydrogen) atoms. The molecule has 0 bridgehead atoms. The minimum absolute atomic E-state index is 0.0120. The molecule has 2 aromatic carbocycles. The van der Waals surface area contributed by atoms with Crippen LogP contribution in [-0.2, 0) is 12.0 Å². The average Bonchev–Trinajstić information content (AvgIpc) is 3.16. The maximum Gasteiger partial charge on any atom is 0.408 e.